The fraction of sp³-hybridized carbons (Fsp3) is 0.188. The van der Waals surface area contributed by atoms with Crippen molar-refractivity contribution >= 4 is 17.6 Å². The van der Waals surface area contributed by atoms with E-state index in [-0.39, 0.29) is 6.42 Å². The molecule has 0 aromatic heterocycles. The number of carboxylic acid groups (broad SMARTS) is 1. The van der Waals surface area contributed by atoms with Gasteiger partial charge in [0.1, 0.15) is 11.6 Å². The van der Waals surface area contributed by atoms with Crippen LogP contribution in [0.4, 0.5) is 4.39 Å². The zero-order valence-electron chi connectivity index (χ0n) is 11.3. The van der Waals surface area contributed by atoms with Crippen LogP contribution in [0.2, 0.25) is 5.02 Å². The van der Waals surface area contributed by atoms with E-state index in [1.807, 2.05) is 0 Å². The van der Waals surface area contributed by atoms with E-state index in [1.54, 1.807) is 43.3 Å². The van der Waals surface area contributed by atoms with Crippen LogP contribution >= 0.6 is 11.6 Å². The van der Waals surface area contributed by atoms with Crippen molar-refractivity contribution < 1.29 is 19.0 Å². The summed E-state index contributed by atoms with van der Waals surface area (Å²) in [6.45, 7) is 1.79. The largest absolute Gasteiger partial charge is 0.478 e. The Balaban J connectivity index is 2.18. The van der Waals surface area contributed by atoms with Gasteiger partial charge in [-0.2, -0.15) is 0 Å². The molecule has 0 fully saturated rings. The first-order chi connectivity index (χ1) is 9.97. The van der Waals surface area contributed by atoms with Crippen molar-refractivity contribution in [2.45, 2.75) is 19.4 Å². The Labute approximate surface area is 126 Å². The fourth-order valence-electron chi connectivity index (χ4n) is 1.90. The molecule has 1 atom stereocenters. The number of benzene rings is 2. The van der Waals surface area contributed by atoms with Crippen molar-refractivity contribution in [3.63, 3.8) is 0 Å². The van der Waals surface area contributed by atoms with Crippen LogP contribution in [0.1, 0.15) is 11.1 Å². The van der Waals surface area contributed by atoms with Crippen LogP contribution < -0.4 is 4.74 Å². The second-order valence-corrected chi connectivity index (χ2v) is 5.06. The van der Waals surface area contributed by atoms with Crippen molar-refractivity contribution in [3.05, 3.63) is 64.4 Å². The quantitative estimate of drug-likeness (QED) is 0.912. The molecule has 0 aliphatic heterocycles. The maximum Gasteiger partial charge on any atom is 0.345 e. The van der Waals surface area contributed by atoms with E-state index in [0.29, 0.717) is 16.3 Å². The molecule has 0 aliphatic carbocycles. The molecular formula is C16H14ClFO3. The van der Waals surface area contributed by atoms with Crippen molar-refractivity contribution in [2.24, 2.45) is 0 Å². The first kappa shape index (κ1) is 15.3. The molecular weight excluding hydrogens is 295 g/mol. The molecule has 0 bridgehead atoms. The summed E-state index contributed by atoms with van der Waals surface area (Å²) >= 11 is 5.91. The minimum absolute atomic E-state index is 0.0519. The monoisotopic (exact) mass is 308 g/mol. The van der Waals surface area contributed by atoms with E-state index in [0.717, 1.165) is 5.56 Å². The van der Waals surface area contributed by atoms with Crippen molar-refractivity contribution in [3.8, 4) is 5.75 Å². The van der Waals surface area contributed by atoms with E-state index in [2.05, 4.69) is 0 Å². The van der Waals surface area contributed by atoms with Crippen LogP contribution in [0, 0.1) is 12.7 Å². The van der Waals surface area contributed by atoms with Crippen LogP contribution in [-0.2, 0) is 11.2 Å². The number of aliphatic carboxylic acids is 1. The third kappa shape index (κ3) is 3.95. The van der Waals surface area contributed by atoms with Gasteiger partial charge in [0.2, 0.25) is 0 Å². The molecule has 2 aromatic carbocycles. The molecule has 3 nitrogen and oxygen atoms in total. The summed E-state index contributed by atoms with van der Waals surface area (Å²) in [5, 5.41) is 9.81. The average Bonchev–Trinajstić information content (AvgIpc) is 2.44. The summed E-state index contributed by atoms with van der Waals surface area (Å²) in [5.74, 6) is -1.20. The number of halogens is 2. The number of rotatable bonds is 5. The van der Waals surface area contributed by atoms with Gasteiger partial charge in [0.25, 0.3) is 0 Å². The molecule has 0 spiro atoms. The van der Waals surface area contributed by atoms with Gasteiger partial charge in [0.15, 0.2) is 6.10 Å². The molecule has 2 rings (SSSR count). The first-order valence-electron chi connectivity index (χ1n) is 6.36. The SMILES string of the molecule is Cc1cc(O[C@@H](Cc2ccccc2F)C(=O)O)ccc1Cl. The zero-order valence-corrected chi connectivity index (χ0v) is 12.1. The van der Waals surface area contributed by atoms with Crippen molar-refractivity contribution in [1.82, 2.24) is 0 Å². The number of carboxylic acids is 1. The van der Waals surface area contributed by atoms with Crippen LogP contribution in [0.5, 0.6) is 5.75 Å². The highest BCUT2D eigenvalue weighted by atomic mass is 35.5. The maximum absolute atomic E-state index is 13.6. The van der Waals surface area contributed by atoms with Gasteiger partial charge in [-0.1, -0.05) is 29.8 Å². The van der Waals surface area contributed by atoms with E-state index >= 15 is 0 Å². The second-order valence-electron chi connectivity index (χ2n) is 4.65. The summed E-state index contributed by atoms with van der Waals surface area (Å²) in [5.41, 5.74) is 1.08. The average molecular weight is 309 g/mol. The van der Waals surface area contributed by atoms with E-state index in [9.17, 15) is 14.3 Å². The Bertz CT molecular complexity index is 658. The third-order valence-electron chi connectivity index (χ3n) is 3.05. The van der Waals surface area contributed by atoms with Gasteiger partial charge < -0.3 is 9.84 Å². The van der Waals surface area contributed by atoms with Gasteiger partial charge in [0.05, 0.1) is 0 Å². The Kier molecular flexibility index (Phi) is 4.81. The summed E-state index contributed by atoms with van der Waals surface area (Å²) in [4.78, 5) is 11.3. The molecule has 2 aromatic rings. The molecule has 5 heteroatoms. The lowest BCUT2D eigenvalue weighted by atomic mass is 10.1. The van der Waals surface area contributed by atoms with Crippen molar-refractivity contribution in [2.75, 3.05) is 0 Å². The highest BCUT2D eigenvalue weighted by Gasteiger charge is 2.21. The topological polar surface area (TPSA) is 46.5 Å². The van der Waals surface area contributed by atoms with Crippen LogP contribution in [0.15, 0.2) is 42.5 Å². The van der Waals surface area contributed by atoms with Gasteiger partial charge in [-0.05, 0) is 42.3 Å². The number of hydrogen-bond donors (Lipinski definition) is 1. The maximum atomic E-state index is 13.6. The van der Waals surface area contributed by atoms with Crippen LogP contribution in [0.3, 0.4) is 0 Å². The van der Waals surface area contributed by atoms with E-state index in [4.69, 9.17) is 16.3 Å². The molecule has 0 heterocycles. The van der Waals surface area contributed by atoms with Crippen molar-refractivity contribution in [1.29, 1.82) is 0 Å². The number of aryl methyl sites for hydroxylation is 1. The Morgan fingerprint density at radius 2 is 2.05 bits per heavy atom. The third-order valence-corrected chi connectivity index (χ3v) is 3.47. The minimum atomic E-state index is -1.16. The Morgan fingerprint density at radius 1 is 1.33 bits per heavy atom. The summed E-state index contributed by atoms with van der Waals surface area (Å²) in [6, 6.07) is 10.9. The lowest BCUT2D eigenvalue weighted by Crippen LogP contribution is -2.29. The van der Waals surface area contributed by atoms with Gasteiger partial charge in [-0.25, -0.2) is 9.18 Å². The zero-order chi connectivity index (χ0) is 15.4. The number of carbonyl (C=O) groups is 1. The highest BCUT2D eigenvalue weighted by molar-refractivity contribution is 6.31. The van der Waals surface area contributed by atoms with Crippen LogP contribution in [-0.4, -0.2) is 17.2 Å². The fourth-order valence-corrected chi connectivity index (χ4v) is 2.02. The molecule has 21 heavy (non-hydrogen) atoms. The molecule has 0 unspecified atom stereocenters. The second kappa shape index (κ2) is 6.59. The molecule has 0 radical (unpaired) electrons. The summed E-state index contributed by atoms with van der Waals surface area (Å²) < 4.78 is 19.0. The van der Waals surface area contributed by atoms with Crippen LogP contribution in [0.25, 0.3) is 0 Å². The Morgan fingerprint density at radius 3 is 2.67 bits per heavy atom. The smallest absolute Gasteiger partial charge is 0.345 e. The number of hydrogen-bond acceptors (Lipinski definition) is 2. The van der Waals surface area contributed by atoms with Gasteiger partial charge in [0, 0.05) is 11.4 Å². The Hall–Kier alpha value is -2.07. The predicted molar refractivity (Wildman–Crippen MR) is 78.3 cm³/mol. The molecule has 0 aliphatic rings. The molecule has 0 amide bonds. The standard InChI is InChI=1S/C16H14ClFO3/c1-10-8-12(6-7-13(10)17)21-15(16(19)20)9-11-4-2-3-5-14(11)18/h2-8,15H,9H2,1H3,(H,19,20)/t15-/m0/s1. The summed E-state index contributed by atoms with van der Waals surface area (Å²) in [7, 11) is 0. The summed E-state index contributed by atoms with van der Waals surface area (Å²) in [6.07, 6.45) is -1.22. The number of ether oxygens (including phenoxy) is 1. The molecule has 0 saturated carbocycles. The normalized spacial score (nSPS) is 12.0. The molecule has 1 N–H and O–H groups in total. The lowest BCUT2D eigenvalue weighted by molar-refractivity contribution is -0.145. The molecule has 0 saturated heterocycles. The van der Waals surface area contributed by atoms with Gasteiger partial charge >= 0.3 is 5.97 Å². The van der Waals surface area contributed by atoms with E-state index < -0.39 is 17.9 Å². The van der Waals surface area contributed by atoms with Gasteiger partial charge in [-0.15, -0.1) is 0 Å². The predicted octanol–water partition coefficient (Wildman–Crippen LogP) is 3.86. The van der Waals surface area contributed by atoms with E-state index in [1.165, 1.54) is 6.07 Å². The molecule has 110 valence electrons. The first-order valence-corrected chi connectivity index (χ1v) is 6.74. The minimum Gasteiger partial charge on any atom is -0.478 e. The van der Waals surface area contributed by atoms with Gasteiger partial charge in [-0.3, -0.25) is 0 Å². The highest BCUT2D eigenvalue weighted by Crippen LogP contribution is 2.23. The lowest BCUT2D eigenvalue weighted by Gasteiger charge is -2.16.